The van der Waals surface area contributed by atoms with Crippen LogP contribution in [0.15, 0.2) is 176 Å². The molecule has 0 spiro atoms. The lowest BCUT2D eigenvalue weighted by Gasteiger charge is -2.26. The molecule has 0 amide bonds. The average molecular weight is 753 g/mol. The summed E-state index contributed by atoms with van der Waals surface area (Å²) in [4.78, 5) is 16.9. The maximum atomic E-state index is 11.5. The van der Waals surface area contributed by atoms with E-state index in [4.69, 9.17) is 6.57 Å². The number of rotatable bonds is 11. The van der Waals surface area contributed by atoms with Crippen molar-refractivity contribution in [2.24, 2.45) is 0 Å². The quantitative estimate of drug-likeness (QED) is 0.0813. The van der Waals surface area contributed by atoms with Gasteiger partial charge in [-0.2, -0.15) is 0 Å². The molecule has 0 bridgehead atoms. The van der Waals surface area contributed by atoms with Gasteiger partial charge in [0.05, 0.1) is 6.57 Å². The van der Waals surface area contributed by atoms with Crippen molar-refractivity contribution in [3.05, 3.63) is 248 Å². The highest BCUT2D eigenvalue weighted by Crippen LogP contribution is 2.37. The molecule has 282 valence electrons. The normalized spacial score (nSPS) is 11.9. The summed E-state index contributed by atoms with van der Waals surface area (Å²) in [6, 6.07) is 58.9. The number of benzene rings is 7. The summed E-state index contributed by atoms with van der Waals surface area (Å²) in [6.07, 6.45) is 5.88. The second kappa shape index (κ2) is 17.5. The summed E-state index contributed by atoms with van der Waals surface area (Å²) in [7, 11) is 0. The fraction of sp³-hybridized carbons (Fsp3) is 0.0741. The Balaban J connectivity index is 1.29. The summed E-state index contributed by atoms with van der Waals surface area (Å²) < 4.78 is 0. The first-order valence-electron chi connectivity index (χ1n) is 19.3. The molecule has 7 aromatic rings. The first-order chi connectivity index (χ1) is 28.2. The predicted molar refractivity (Wildman–Crippen MR) is 242 cm³/mol. The highest BCUT2D eigenvalue weighted by molar-refractivity contribution is 5.95. The molecule has 4 heteroatoms. The van der Waals surface area contributed by atoms with Gasteiger partial charge in [-0.15, -0.1) is 0 Å². The van der Waals surface area contributed by atoms with Gasteiger partial charge in [-0.05, 0) is 155 Å². The zero-order valence-corrected chi connectivity index (χ0v) is 33.1. The molecule has 4 nitrogen and oxygen atoms in total. The molecule has 0 aromatic heterocycles. The van der Waals surface area contributed by atoms with E-state index in [2.05, 4.69) is 183 Å². The molecule has 7 aromatic carbocycles. The molecular weight excluding hydrogens is 709 g/mol. The molecule has 0 atom stereocenters. The van der Waals surface area contributed by atoms with Crippen LogP contribution >= 0.6 is 0 Å². The predicted octanol–water partition coefficient (Wildman–Crippen LogP) is 13.9. The van der Waals surface area contributed by atoms with Gasteiger partial charge in [0.2, 0.25) is 0 Å². The fourth-order valence-corrected chi connectivity index (χ4v) is 6.96. The van der Waals surface area contributed by atoms with Gasteiger partial charge in [-0.1, -0.05) is 133 Å². The van der Waals surface area contributed by atoms with E-state index in [-0.39, 0.29) is 5.70 Å². The van der Waals surface area contributed by atoms with E-state index in [1.54, 1.807) is 0 Å². The monoisotopic (exact) mass is 752 g/mol. The summed E-state index contributed by atoms with van der Waals surface area (Å²) >= 11 is 0. The number of aryl methyl sites for hydroxylation is 4. The van der Waals surface area contributed by atoms with Gasteiger partial charge >= 0.3 is 5.97 Å². The van der Waals surface area contributed by atoms with E-state index >= 15 is 0 Å². The first kappa shape index (κ1) is 38.8. The lowest BCUT2D eigenvalue weighted by molar-refractivity contribution is -0.132. The van der Waals surface area contributed by atoms with Crippen LogP contribution in [0, 0.1) is 34.3 Å². The topological polar surface area (TPSA) is 44.9 Å². The van der Waals surface area contributed by atoms with Crippen molar-refractivity contribution in [2.45, 2.75) is 27.7 Å². The Morgan fingerprint density at radius 1 is 0.466 bits per heavy atom. The molecule has 1 N–H and O–H groups in total. The molecular formula is C54H44N2O2. The SMILES string of the molecule is [C-]#[N+]C(=Cc1ccc(N(c2ccc(C=C(c3ccccc3)c3ccc(C)c(C)c3)cc2)c2ccc(C=C(c3ccccc3)c3ccc(C)c(C)c3)cc2)cc1)C(=O)O. The Kier molecular flexibility index (Phi) is 11.7. The van der Waals surface area contributed by atoms with E-state index < -0.39 is 5.97 Å². The van der Waals surface area contributed by atoms with Gasteiger partial charge < -0.3 is 10.0 Å². The largest absolute Gasteiger partial charge is 0.486 e. The van der Waals surface area contributed by atoms with Crippen LogP contribution in [-0.4, -0.2) is 11.1 Å². The molecule has 0 unspecified atom stereocenters. The van der Waals surface area contributed by atoms with Crippen molar-refractivity contribution in [2.75, 3.05) is 4.90 Å². The molecule has 0 aliphatic heterocycles. The number of hydrogen-bond donors (Lipinski definition) is 1. The van der Waals surface area contributed by atoms with Crippen LogP contribution in [0.1, 0.15) is 61.2 Å². The van der Waals surface area contributed by atoms with Crippen LogP contribution in [0.3, 0.4) is 0 Å². The Labute approximate surface area is 341 Å². The van der Waals surface area contributed by atoms with E-state index in [1.165, 1.54) is 39.5 Å². The third-order valence-corrected chi connectivity index (χ3v) is 10.5. The molecule has 58 heavy (non-hydrogen) atoms. The maximum absolute atomic E-state index is 11.5. The van der Waals surface area contributed by atoms with Crippen molar-refractivity contribution in [3.8, 4) is 0 Å². The maximum Gasteiger partial charge on any atom is 0.333 e. The van der Waals surface area contributed by atoms with Gasteiger partial charge in [0.15, 0.2) is 0 Å². The summed E-state index contributed by atoms with van der Waals surface area (Å²) in [5.74, 6) is -1.25. The Bertz CT molecular complexity index is 2550. The zero-order chi connectivity index (χ0) is 40.6. The van der Waals surface area contributed by atoms with Crippen molar-refractivity contribution < 1.29 is 9.90 Å². The lowest BCUT2D eigenvalue weighted by Crippen LogP contribution is -2.10. The van der Waals surface area contributed by atoms with E-state index in [1.807, 2.05) is 36.4 Å². The van der Waals surface area contributed by atoms with Crippen LogP contribution < -0.4 is 4.90 Å². The van der Waals surface area contributed by atoms with Crippen molar-refractivity contribution in [1.29, 1.82) is 0 Å². The third kappa shape index (κ3) is 8.97. The minimum absolute atomic E-state index is 0.330. The summed E-state index contributed by atoms with van der Waals surface area (Å²) in [6.45, 7) is 15.9. The van der Waals surface area contributed by atoms with Crippen LogP contribution in [-0.2, 0) is 4.79 Å². The highest BCUT2D eigenvalue weighted by Gasteiger charge is 2.15. The molecule has 0 heterocycles. The van der Waals surface area contributed by atoms with E-state index in [9.17, 15) is 9.90 Å². The molecule has 0 fully saturated rings. The number of carboxylic acid groups (broad SMARTS) is 1. The Hall–Kier alpha value is -7.48. The Morgan fingerprint density at radius 2 is 0.828 bits per heavy atom. The van der Waals surface area contributed by atoms with Gasteiger partial charge in [0.25, 0.3) is 5.70 Å². The van der Waals surface area contributed by atoms with E-state index in [0.29, 0.717) is 5.56 Å². The standard InChI is InChI=1S/C54H44N2O2/c1-37-16-24-46(32-39(37)3)51(44-12-8-6-9-13-44)34-41-18-26-48(27-19-41)56(50-30-22-43(23-31-50)36-53(55-5)54(57)58)49-28-20-42(21-29-49)35-52(45-14-10-7-11-15-45)47-25-17-38(2)40(4)33-47/h6-36H,1-4H3,(H,57,58). The lowest BCUT2D eigenvalue weighted by atomic mass is 9.93. The molecule has 0 aliphatic rings. The van der Waals surface area contributed by atoms with Gasteiger partial charge in [-0.3, -0.25) is 4.79 Å². The number of nitrogens with zero attached hydrogens (tertiary/aromatic N) is 2. The number of carboxylic acids is 1. The summed E-state index contributed by atoms with van der Waals surface area (Å²) in [5, 5.41) is 9.44. The van der Waals surface area contributed by atoms with Crippen molar-refractivity contribution >= 4 is 52.4 Å². The summed E-state index contributed by atoms with van der Waals surface area (Å²) in [5.41, 5.74) is 17.2. The molecule has 7 rings (SSSR count). The molecule has 0 aliphatic carbocycles. The van der Waals surface area contributed by atoms with Crippen LogP contribution in [0.25, 0.3) is 34.2 Å². The fourth-order valence-electron chi connectivity index (χ4n) is 6.96. The van der Waals surface area contributed by atoms with Crippen molar-refractivity contribution in [3.63, 3.8) is 0 Å². The second-order valence-electron chi connectivity index (χ2n) is 14.5. The zero-order valence-electron chi connectivity index (χ0n) is 33.1. The van der Waals surface area contributed by atoms with Crippen LogP contribution in [0.4, 0.5) is 17.1 Å². The number of anilines is 3. The number of aliphatic carboxylic acids is 1. The van der Waals surface area contributed by atoms with Gasteiger partial charge in [0, 0.05) is 17.1 Å². The number of carbonyl (C=O) groups is 1. The van der Waals surface area contributed by atoms with Gasteiger partial charge in [-0.25, -0.2) is 4.85 Å². The minimum atomic E-state index is -1.25. The van der Waals surface area contributed by atoms with Crippen LogP contribution in [0.2, 0.25) is 0 Å². The average Bonchev–Trinajstić information content (AvgIpc) is 3.25. The van der Waals surface area contributed by atoms with Crippen LogP contribution in [0.5, 0.6) is 0 Å². The van der Waals surface area contributed by atoms with E-state index in [0.717, 1.165) is 50.5 Å². The minimum Gasteiger partial charge on any atom is -0.486 e. The Morgan fingerprint density at radius 3 is 1.16 bits per heavy atom. The molecule has 0 radical (unpaired) electrons. The first-order valence-corrected chi connectivity index (χ1v) is 19.3. The molecule has 0 saturated heterocycles. The van der Waals surface area contributed by atoms with Gasteiger partial charge in [0.1, 0.15) is 0 Å². The smallest absolute Gasteiger partial charge is 0.333 e. The third-order valence-electron chi connectivity index (χ3n) is 10.5. The van der Waals surface area contributed by atoms with Crippen molar-refractivity contribution in [1.82, 2.24) is 0 Å². The molecule has 0 saturated carbocycles. The second-order valence-corrected chi connectivity index (χ2v) is 14.5. The highest BCUT2D eigenvalue weighted by atomic mass is 16.4. The number of hydrogen-bond acceptors (Lipinski definition) is 2.